The summed E-state index contributed by atoms with van der Waals surface area (Å²) in [5, 5.41) is 0. The van der Waals surface area contributed by atoms with E-state index in [0.717, 1.165) is 12.1 Å². The van der Waals surface area contributed by atoms with Crippen LogP contribution >= 0.6 is 0 Å². The zero-order valence-corrected chi connectivity index (χ0v) is 14.9. The van der Waals surface area contributed by atoms with E-state index in [-0.39, 0.29) is 11.9 Å². The molecule has 1 aliphatic heterocycles. The van der Waals surface area contributed by atoms with Gasteiger partial charge >= 0.3 is 5.97 Å². The van der Waals surface area contributed by atoms with Gasteiger partial charge in [-0.05, 0) is 31.0 Å². The Labute approximate surface area is 155 Å². The van der Waals surface area contributed by atoms with Crippen LogP contribution in [-0.4, -0.2) is 56.0 Å². The Morgan fingerprint density at radius 2 is 2.15 bits per heavy atom. The van der Waals surface area contributed by atoms with Crippen molar-refractivity contribution in [2.45, 2.75) is 25.4 Å². The van der Waals surface area contributed by atoms with Crippen molar-refractivity contribution in [1.82, 2.24) is 24.4 Å². The number of carbonyl (C=O) groups is 2. The van der Waals surface area contributed by atoms with Gasteiger partial charge in [-0.2, -0.15) is 0 Å². The Kier molecular flexibility index (Phi) is 4.53. The molecule has 138 valence electrons. The lowest BCUT2D eigenvalue weighted by Crippen LogP contribution is -2.41. The van der Waals surface area contributed by atoms with Crippen LogP contribution in [-0.2, 0) is 16.1 Å². The van der Waals surface area contributed by atoms with Crippen molar-refractivity contribution in [3.05, 3.63) is 54.2 Å². The Balaban J connectivity index is 1.59. The van der Waals surface area contributed by atoms with Crippen LogP contribution in [0.1, 0.15) is 28.9 Å². The number of pyridine rings is 2. The largest absolute Gasteiger partial charge is 0.467 e. The number of hydrogen-bond acceptors (Lipinski definition) is 6. The molecule has 0 aromatic carbocycles. The molecule has 1 fully saturated rings. The first-order valence-corrected chi connectivity index (χ1v) is 8.77. The van der Waals surface area contributed by atoms with Crippen molar-refractivity contribution < 1.29 is 14.3 Å². The minimum Gasteiger partial charge on any atom is -0.467 e. The Hall–Kier alpha value is -3.29. The normalized spacial score (nSPS) is 16.6. The summed E-state index contributed by atoms with van der Waals surface area (Å²) < 4.78 is 6.70. The number of ether oxygens (including phenoxy) is 1. The number of nitrogens with zero attached hydrogens (tertiary/aromatic N) is 5. The molecule has 1 saturated heterocycles. The van der Waals surface area contributed by atoms with E-state index in [0.29, 0.717) is 36.2 Å². The second kappa shape index (κ2) is 7.14. The van der Waals surface area contributed by atoms with Crippen LogP contribution < -0.4 is 0 Å². The van der Waals surface area contributed by atoms with Gasteiger partial charge in [0, 0.05) is 18.9 Å². The van der Waals surface area contributed by atoms with Crippen LogP contribution in [0.25, 0.3) is 11.2 Å². The predicted octanol–water partition coefficient (Wildman–Crippen LogP) is 1.65. The SMILES string of the molecule is COC(=O)[C@@H]1CCCN1C(=O)c1cnc2c(c1)ncn2Cc1ccccn1. The summed E-state index contributed by atoms with van der Waals surface area (Å²) in [5.74, 6) is -0.605. The van der Waals surface area contributed by atoms with Gasteiger partial charge in [0.25, 0.3) is 5.91 Å². The summed E-state index contributed by atoms with van der Waals surface area (Å²) in [5.41, 5.74) is 2.63. The van der Waals surface area contributed by atoms with E-state index >= 15 is 0 Å². The van der Waals surface area contributed by atoms with Crippen LogP contribution in [0, 0.1) is 0 Å². The van der Waals surface area contributed by atoms with Gasteiger partial charge in [0.15, 0.2) is 5.65 Å². The smallest absolute Gasteiger partial charge is 0.328 e. The summed E-state index contributed by atoms with van der Waals surface area (Å²) in [7, 11) is 1.34. The van der Waals surface area contributed by atoms with Crippen LogP contribution in [0.15, 0.2) is 43.0 Å². The quantitative estimate of drug-likeness (QED) is 0.653. The lowest BCUT2D eigenvalue weighted by molar-refractivity contribution is -0.145. The molecule has 3 aromatic heterocycles. The highest BCUT2D eigenvalue weighted by Gasteiger charge is 2.35. The third kappa shape index (κ3) is 3.25. The molecule has 0 saturated carbocycles. The Morgan fingerprint density at radius 3 is 2.93 bits per heavy atom. The number of imidazole rings is 1. The molecule has 0 unspecified atom stereocenters. The summed E-state index contributed by atoms with van der Waals surface area (Å²) in [4.78, 5) is 39.4. The number of aromatic nitrogens is 4. The summed E-state index contributed by atoms with van der Waals surface area (Å²) in [6, 6.07) is 6.92. The van der Waals surface area contributed by atoms with Gasteiger partial charge in [0.05, 0.1) is 31.2 Å². The number of fused-ring (bicyclic) bond motifs is 1. The van der Waals surface area contributed by atoms with Crippen molar-refractivity contribution in [2.24, 2.45) is 0 Å². The zero-order chi connectivity index (χ0) is 18.8. The fraction of sp³-hybridized carbons (Fsp3) is 0.316. The molecule has 8 heteroatoms. The van der Waals surface area contributed by atoms with E-state index in [2.05, 4.69) is 15.0 Å². The zero-order valence-electron chi connectivity index (χ0n) is 14.9. The molecule has 8 nitrogen and oxygen atoms in total. The van der Waals surface area contributed by atoms with E-state index in [1.54, 1.807) is 23.5 Å². The Bertz CT molecular complexity index is 985. The number of esters is 1. The monoisotopic (exact) mass is 365 g/mol. The van der Waals surface area contributed by atoms with Gasteiger partial charge in [0.1, 0.15) is 11.6 Å². The van der Waals surface area contributed by atoms with Gasteiger partial charge in [0.2, 0.25) is 0 Å². The van der Waals surface area contributed by atoms with Crippen LogP contribution in [0.3, 0.4) is 0 Å². The molecule has 1 aliphatic rings. The molecule has 27 heavy (non-hydrogen) atoms. The van der Waals surface area contributed by atoms with Crippen LogP contribution in [0.4, 0.5) is 0 Å². The molecule has 4 heterocycles. The van der Waals surface area contributed by atoms with Crippen molar-refractivity contribution in [1.29, 1.82) is 0 Å². The van der Waals surface area contributed by atoms with E-state index in [9.17, 15) is 9.59 Å². The first kappa shape index (κ1) is 17.1. The maximum absolute atomic E-state index is 12.9. The minimum absolute atomic E-state index is 0.225. The molecule has 3 aromatic rings. The minimum atomic E-state index is -0.528. The molecule has 4 rings (SSSR count). The van der Waals surface area contributed by atoms with Gasteiger partial charge in [-0.3, -0.25) is 9.78 Å². The fourth-order valence-electron chi connectivity index (χ4n) is 3.40. The maximum Gasteiger partial charge on any atom is 0.328 e. The average molecular weight is 365 g/mol. The molecule has 0 N–H and O–H groups in total. The molecule has 0 aliphatic carbocycles. The maximum atomic E-state index is 12.9. The van der Waals surface area contributed by atoms with Crippen LogP contribution in [0.5, 0.6) is 0 Å². The number of amides is 1. The molecule has 1 amide bonds. The third-order valence-electron chi connectivity index (χ3n) is 4.75. The molecule has 0 spiro atoms. The molecular weight excluding hydrogens is 346 g/mol. The van der Waals surface area contributed by atoms with Crippen molar-refractivity contribution in [3.63, 3.8) is 0 Å². The molecule has 1 atom stereocenters. The van der Waals surface area contributed by atoms with Crippen LogP contribution in [0.2, 0.25) is 0 Å². The average Bonchev–Trinajstić information content (AvgIpc) is 3.35. The standard InChI is InChI=1S/C19H19N5O3/c1-27-19(26)16-6-4-8-24(16)18(25)13-9-15-17(21-10-13)23(12-22-15)11-14-5-2-3-7-20-14/h2-3,5,7,9-10,12,16H,4,6,8,11H2,1H3/t16-/m0/s1. The van der Waals surface area contributed by atoms with E-state index < -0.39 is 6.04 Å². The first-order valence-electron chi connectivity index (χ1n) is 8.77. The molecular formula is C19H19N5O3. The predicted molar refractivity (Wildman–Crippen MR) is 96.9 cm³/mol. The van der Waals surface area contributed by atoms with E-state index in [4.69, 9.17) is 4.74 Å². The van der Waals surface area contributed by atoms with Crippen molar-refractivity contribution >= 4 is 23.0 Å². The van der Waals surface area contributed by atoms with Gasteiger partial charge < -0.3 is 14.2 Å². The van der Waals surface area contributed by atoms with E-state index in [1.165, 1.54) is 13.3 Å². The highest BCUT2D eigenvalue weighted by Crippen LogP contribution is 2.22. The van der Waals surface area contributed by atoms with Gasteiger partial charge in [-0.1, -0.05) is 6.07 Å². The highest BCUT2D eigenvalue weighted by atomic mass is 16.5. The lowest BCUT2D eigenvalue weighted by Gasteiger charge is -2.22. The Morgan fingerprint density at radius 1 is 1.26 bits per heavy atom. The highest BCUT2D eigenvalue weighted by molar-refractivity contribution is 5.98. The second-order valence-corrected chi connectivity index (χ2v) is 6.44. The third-order valence-corrected chi connectivity index (χ3v) is 4.75. The molecule has 0 bridgehead atoms. The summed E-state index contributed by atoms with van der Waals surface area (Å²) in [6.45, 7) is 1.08. The van der Waals surface area contributed by atoms with Gasteiger partial charge in [-0.25, -0.2) is 14.8 Å². The van der Waals surface area contributed by atoms with Crippen molar-refractivity contribution in [2.75, 3.05) is 13.7 Å². The molecule has 0 radical (unpaired) electrons. The lowest BCUT2D eigenvalue weighted by atomic mass is 10.2. The number of methoxy groups -OCH3 is 1. The fourth-order valence-corrected chi connectivity index (χ4v) is 3.40. The summed E-state index contributed by atoms with van der Waals surface area (Å²) >= 11 is 0. The number of hydrogen-bond donors (Lipinski definition) is 0. The summed E-state index contributed by atoms with van der Waals surface area (Å²) in [6.07, 6.45) is 6.36. The van der Waals surface area contributed by atoms with Crippen molar-refractivity contribution in [3.8, 4) is 0 Å². The number of carbonyl (C=O) groups excluding carboxylic acids is 2. The second-order valence-electron chi connectivity index (χ2n) is 6.44. The van der Waals surface area contributed by atoms with E-state index in [1.807, 2.05) is 22.8 Å². The van der Waals surface area contributed by atoms with Gasteiger partial charge in [-0.15, -0.1) is 0 Å². The number of likely N-dealkylation sites (tertiary alicyclic amines) is 1. The first-order chi connectivity index (χ1) is 13.2. The number of rotatable bonds is 4. The topological polar surface area (TPSA) is 90.2 Å².